The minimum absolute atomic E-state index is 0.191. The molecule has 3 aromatic rings. The lowest BCUT2D eigenvalue weighted by molar-refractivity contribution is -0.140. The standard InChI is InChI=1S/C23H24N2O4S/c1-15(2)29-23(26)20-14-25(30(27,28)17-10-8-16(3)9-11-17)13-12-19-18-6-4-5-7-21(18)24-22(19)20/h4-11,14-15,24H,12-13H2,1-3H3. The number of aryl methyl sites for hydroxylation is 1. The van der Waals surface area contributed by atoms with Crippen LogP contribution >= 0.6 is 0 Å². The normalized spacial score (nSPS) is 14.4. The molecular formula is C23H24N2O4S. The van der Waals surface area contributed by atoms with Crippen molar-refractivity contribution in [3.8, 4) is 0 Å². The van der Waals surface area contributed by atoms with Gasteiger partial charge in [-0.2, -0.15) is 0 Å². The number of ether oxygens (including phenoxy) is 1. The summed E-state index contributed by atoms with van der Waals surface area (Å²) in [5, 5.41) is 0.977. The van der Waals surface area contributed by atoms with Gasteiger partial charge in [0.05, 0.1) is 16.7 Å². The van der Waals surface area contributed by atoms with E-state index in [-0.39, 0.29) is 23.1 Å². The second-order valence-corrected chi connectivity index (χ2v) is 9.59. The van der Waals surface area contributed by atoms with E-state index in [9.17, 15) is 13.2 Å². The molecule has 0 saturated carbocycles. The lowest BCUT2D eigenvalue weighted by atomic mass is 10.0. The number of carbonyl (C=O) groups is 1. The van der Waals surface area contributed by atoms with E-state index < -0.39 is 16.0 Å². The zero-order valence-corrected chi connectivity index (χ0v) is 18.0. The summed E-state index contributed by atoms with van der Waals surface area (Å²) in [6.45, 7) is 5.66. The summed E-state index contributed by atoms with van der Waals surface area (Å²) in [6.07, 6.45) is 1.55. The summed E-state index contributed by atoms with van der Waals surface area (Å²) < 4.78 is 33.3. The average Bonchev–Trinajstić information content (AvgIpc) is 2.94. The van der Waals surface area contributed by atoms with Crippen molar-refractivity contribution < 1.29 is 17.9 Å². The summed E-state index contributed by atoms with van der Waals surface area (Å²) in [7, 11) is -3.81. The largest absolute Gasteiger partial charge is 0.459 e. The van der Waals surface area contributed by atoms with Crippen LogP contribution in [-0.2, 0) is 26.0 Å². The number of para-hydroxylation sites is 1. The third-order valence-electron chi connectivity index (χ3n) is 5.13. The molecule has 0 bridgehead atoms. The molecule has 4 rings (SSSR count). The van der Waals surface area contributed by atoms with Crippen LogP contribution in [0.15, 0.2) is 59.6 Å². The van der Waals surface area contributed by atoms with Gasteiger partial charge in [-0.25, -0.2) is 13.2 Å². The highest BCUT2D eigenvalue weighted by Gasteiger charge is 2.30. The highest BCUT2D eigenvalue weighted by atomic mass is 32.2. The first-order valence-electron chi connectivity index (χ1n) is 9.88. The number of H-pyrrole nitrogens is 1. The third kappa shape index (κ3) is 3.61. The summed E-state index contributed by atoms with van der Waals surface area (Å²) in [4.78, 5) is 16.4. The van der Waals surface area contributed by atoms with Crippen LogP contribution in [0.25, 0.3) is 16.5 Å². The number of hydrogen-bond donors (Lipinski definition) is 1. The lowest BCUT2D eigenvalue weighted by Gasteiger charge is -2.20. The first kappa shape index (κ1) is 20.2. The van der Waals surface area contributed by atoms with E-state index in [2.05, 4.69) is 4.98 Å². The quantitative estimate of drug-likeness (QED) is 0.642. The molecule has 2 aromatic carbocycles. The van der Waals surface area contributed by atoms with Crippen LogP contribution in [0.4, 0.5) is 0 Å². The Morgan fingerprint density at radius 2 is 1.80 bits per heavy atom. The molecule has 2 heterocycles. The van der Waals surface area contributed by atoms with Gasteiger partial charge < -0.3 is 9.72 Å². The number of aromatic amines is 1. The van der Waals surface area contributed by atoms with E-state index in [1.807, 2.05) is 31.2 Å². The molecule has 1 aliphatic heterocycles. The summed E-state index contributed by atoms with van der Waals surface area (Å²) in [6, 6.07) is 14.5. The van der Waals surface area contributed by atoms with E-state index in [4.69, 9.17) is 4.74 Å². The zero-order valence-electron chi connectivity index (χ0n) is 17.2. The van der Waals surface area contributed by atoms with Crippen molar-refractivity contribution in [3.05, 3.63) is 71.6 Å². The molecule has 7 heteroatoms. The number of benzene rings is 2. The third-order valence-corrected chi connectivity index (χ3v) is 6.90. The maximum absolute atomic E-state index is 13.3. The van der Waals surface area contributed by atoms with Gasteiger partial charge in [0.15, 0.2) is 0 Å². The highest BCUT2D eigenvalue weighted by molar-refractivity contribution is 7.89. The van der Waals surface area contributed by atoms with Gasteiger partial charge in [-0.3, -0.25) is 4.31 Å². The van der Waals surface area contributed by atoms with Crippen LogP contribution in [0.1, 0.15) is 30.7 Å². The molecule has 0 spiro atoms. The maximum Gasteiger partial charge on any atom is 0.342 e. The van der Waals surface area contributed by atoms with Crippen LogP contribution in [0.5, 0.6) is 0 Å². The molecule has 1 aromatic heterocycles. The van der Waals surface area contributed by atoms with Crippen molar-refractivity contribution in [1.82, 2.24) is 9.29 Å². The SMILES string of the molecule is Cc1ccc(S(=O)(=O)N2C=C(C(=O)OC(C)C)c3[nH]c4ccccc4c3CC2)cc1. The molecule has 6 nitrogen and oxygen atoms in total. The first-order valence-corrected chi connectivity index (χ1v) is 11.3. The molecule has 156 valence electrons. The smallest absolute Gasteiger partial charge is 0.342 e. The minimum Gasteiger partial charge on any atom is -0.459 e. The predicted octanol–water partition coefficient (Wildman–Crippen LogP) is 4.02. The zero-order chi connectivity index (χ0) is 21.5. The van der Waals surface area contributed by atoms with E-state index in [1.54, 1.807) is 38.1 Å². The molecular weight excluding hydrogens is 400 g/mol. The predicted molar refractivity (Wildman–Crippen MR) is 116 cm³/mol. The van der Waals surface area contributed by atoms with Crippen LogP contribution in [0, 0.1) is 6.92 Å². The minimum atomic E-state index is -3.81. The van der Waals surface area contributed by atoms with Gasteiger partial charge in [0, 0.05) is 23.6 Å². The number of rotatable bonds is 4. The summed E-state index contributed by atoms with van der Waals surface area (Å²) in [5.74, 6) is -0.552. The van der Waals surface area contributed by atoms with Gasteiger partial charge >= 0.3 is 5.97 Å². The Bertz CT molecular complexity index is 1240. The number of sulfonamides is 1. The fraction of sp³-hybridized carbons (Fsp3) is 0.261. The molecule has 0 atom stereocenters. The Balaban J connectivity index is 1.85. The molecule has 0 fully saturated rings. The van der Waals surface area contributed by atoms with Crippen molar-refractivity contribution in [1.29, 1.82) is 0 Å². The van der Waals surface area contributed by atoms with Crippen LogP contribution < -0.4 is 0 Å². The van der Waals surface area contributed by atoms with Crippen molar-refractivity contribution in [2.75, 3.05) is 6.54 Å². The second-order valence-electron chi connectivity index (χ2n) is 7.70. The number of nitrogens with one attached hydrogen (secondary N) is 1. The molecule has 30 heavy (non-hydrogen) atoms. The lowest BCUT2D eigenvalue weighted by Crippen LogP contribution is -2.28. The Kier molecular flexibility index (Phi) is 5.15. The molecule has 0 amide bonds. The van der Waals surface area contributed by atoms with Crippen LogP contribution in [-0.4, -0.2) is 36.3 Å². The Morgan fingerprint density at radius 1 is 1.10 bits per heavy atom. The molecule has 1 N–H and O–H groups in total. The van der Waals surface area contributed by atoms with Gasteiger partial charge in [0.2, 0.25) is 0 Å². The van der Waals surface area contributed by atoms with E-state index in [0.29, 0.717) is 12.1 Å². The maximum atomic E-state index is 13.3. The summed E-state index contributed by atoms with van der Waals surface area (Å²) >= 11 is 0. The molecule has 0 aliphatic carbocycles. The number of hydrogen-bond acceptors (Lipinski definition) is 4. The van der Waals surface area contributed by atoms with Crippen molar-refractivity contribution >= 4 is 32.5 Å². The second kappa shape index (κ2) is 7.65. The summed E-state index contributed by atoms with van der Waals surface area (Å²) in [5.41, 5.74) is 3.62. The fourth-order valence-electron chi connectivity index (χ4n) is 3.65. The topological polar surface area (TPSA) is 79.5 Å². The first-order chi connectivity index (χ1) is 14.3. The monoisotopic (exact) mass is 424 g/mol. The Labute approximate surface area is 176 Å². The number of aromatic nitrogens is 1. The van der Waals surface area contributed by atoms with Gasteiger partial charge in [0.25, 0.3) is 10.0 Å². The number of carbonyl (C=O) groups excluding carboxylic acids is 1. The average molecular weight is 425 g/mol. The number of nitrogens with zero attached hydrogens (tertiary/aromatic N) is 1. The number of esters is 1. The van der Waals surface area contributed by atoms with E-state index in [1.165, 1.54) is 10.5 Å². The Hall–Kier alpha value is -3.06. The van der Waals surface area contributed by atoms with Crippen LogP contribution in [0.3, 0.4) is 0 Å². The van der Waals surface area contributed by atoms with Gasteiger partial charge in [0.1, 0.15) is 5.57 Å². The molecule has 0 radical (unpaired) electrons. The molecule has 0 saturated heterocycles. The van der Waals surface area contributed by atoms with Gasteiger partial charge in [-0.15, -0.1) is 0 Å². The highest BCUT2D eigenvalue weighted by Crippen LogP contribution is 2.33. The molecule has 1 aliphatic rings. The van der Waals surface area contributed by atoms with E-state index in [0.717, 1.165) is 22.0 Å². The van der Waals surface area contributed by atoms with Gasteiger partial charge in [-0.05, 0) is 51.0 Å². The van der Waals surface area contributed by atoms with Crippen LogP contribution in [0.2, 0.25) is 0 Å². The Morgan fingerprint density at radius 3 is 2.50 bits per heavy atom. The van der Waals surface area contributed by atoms with Gasteiger partial charge in [-0.1, -0.05) is 35.9 Å². The van der Waals surface area contributed by atoms with E-state index >= 15 is 0 Å². The van der Waals surface area contributed by atoms with Crippen molar-refractivity contribution in [3.63, 3.8) is 0 Å². The van der Waals surface area contributed by atoms with Crippen molar-refractivity contribution in [2.45, 2.75) is 38.2 Å². The number of fused-ring (bicyclic) bond motifs is 3. The van der Waals surface area contributed by atoms with Crippen molar-refractivity contribution in [2.24, 2.45) is 0 Å². The fourth-order valence-corrected chi connectivity index (χ4v) is 4.98. The molecule has 0 unspecified atom stereocenters.